The Morgan fingerprint density at radius 2 is 0.889 bits per heavy atom. The van der Waals surface area contributed by atoms with E-state index in [-0.39, 0.29) is 0 Å². The molecule has 0 unspecified atom stereocenters. The molecule has 2 aromatic heterocycles. The van der Waals surface area contributed by atoms with Crippen LogP contribution in [0.3, 0.4) is 0 Å². The molecule has 27 heavy (non-hydrogen) atoms. The van der Waals surface area contributed by atoms with Gasteiger partial charge in [-0.15, -0.1) is 0 Å². The SMILES string of the molecule is c1ccc(-c2cc(-c3ccccc3)n3cc(-c4ccccc4)cc3c2)cc1. The molecule has 0 spiro atoms. The van der Waals surface area contributed by atoms with Gasteiger partial charge in [-0.1, -0.05) is 91.0 Å². The molecule has 1 nitrogen and oxygen atoms in total. The zero-order valence-corrected chi connectivity index (χ0v) is 14.9. The minimum absolute atomic E-state index is 1.20. The van der Waals surface area contributed by atoms with E-state index >= 15 is 0 Å². The molecular weight excluding hydrogens is 326 g/mol. The standard InChI is InChI=1S/C26H19N/c1-4-10-20(11-5-1)23-16-25-17-24(21-12-6-2-7-13-21)19-27(25)26(18-23)22-14-8-3-9-15-22/h1-19H. The maximum atomic E-state index is 2.30. The van der Waals surface area contributed by atoms with Crippen molar-refractivity contribution < 1.29 is 0 Å². The summed E-state index contributed by atoms with van der Waals surface area (Å²) in [6.45, 7) is 0. The third kappa shape index (κ3) is 2.94. The van der Waals surface area contributed by atoms with Crippen molar-refractivity contribution in [3.8, 4) is 33.5 Å². The maximum absolute atomic E-state index is 2.30. The molecule has 0 atom stereocenters. The molecule has 3 aromatic carbocycles. The molecule has 1 heteroatoms. The van der Waals surface area contributed by atoms with Crippen LogP contribution in [0.2, 0.25) is 0 Å². The summed E-state index contributed by atoms with van der Waals surface area (Å²) in [5.74, 6) is 0. The zero-order chi connectivity index (χ0) is 18.1. The molecule has 0 saturated heterocycles. The van der Waals surface area contributed by atoms with E-state index in [4.69, 9.17) is 0 Å². The van der Waals surface area contributed by atoms with Crippen molar-refractivity contribution in [1.82, 2.24) is 4.40 Å². The highest BCUT2D eigenvalue weighted by atomic mass is 14.9. The van der Waals surface area contributed by atoms with Crippen molar-refractivity contribution in [2.45, 2.75) is 0 Å². The first kappa shape index (κ1) is 15.7. The van der Waals surface area contributed by atoms with Crippen molar-refractivity contribution in [3.05, 3.63) is 115 Å². The van der Waals surface area contributed by atoms with Crippen molar-refractivity contribution in [2.75, 3.05) is 0 Å². The third-order valence-electron chi connectivity index (χ3n) is 4.99. The van der Waals surface area contributed by atoms with Gasteiger partial charge >= 0.3 is 0 Å². The Bertz CT molecular complexity index is 1190. The maximum Gasteiger partial charge on any atom is 0.0534 e. The van der Waals surface area contributed by atoms with Crippen LogP contribution in [0.25, 0.3) is 39.0 Å². The van der Waals surface area contributed by atoms with Gasteiger partial charge in [0, 0.05) is 17.3 Å². The van der Waals surface area contributed by atoms with Crippen LogP contribution in [0.15, 0.2) is 115 Å². The van der Waals surface area contributed by atoms with Crippen molar-refractivity contribution >= 4 is 5.52 Å². The largest absolute Gasteiger partial charge is 0.316 e. The Labute approximate surface area is 159 Å². The predicted molar refractivity (Wildman–Crippen MR) is 114 cm³/mol. The fraction of sp³-hybridized carbons (Fsp3) is 0. The van der Waals surface area contributed by atoms with Crippen LogP contribution < -0.4 is 0 Å². The normalized spacial score (nSPS) is 11.0. The number of benzene rings is 3. The van der Waals surface area contributed by atoms with Crippen LogP contribution in [0.4, 0.5) is 0 Å². The molecule has 0 aliphatic rings. The third-order valence-corrected chi connectivity index (χ3v) is 4.99. The van der Waals surface area contributed by atoms with Crippen LogP contribution in [0, 0.1) is 0 Å². The van der Waals surface area contributed by atoms with E-state index in [0.29, 0.717) is 0 Å². The summed E-state index contributed by atoms with van der Waals surface area (Å²) in [5.41, 5.74) is 8.57. The minimum atomic E-state index is 1.20. The Morgan fingerprint density at radius 3 is 1.48 bits per heavy atom. The lowest BCUT2D eigenvalue weighted by atomic mass is 10.0. The average molecular weight is 345 g/mol. The van der Waals surface area contributed by atoms with Crippen LogP contribution in [0.5, 0.6) is 0 Å². The number of nitrogens with zero attached hydrogens (tertiary/aromatic N) is 1. The highest BCUT2D eigenvalue weighted by Crippen LogP contribution is 2.32. The molecule has 0 radical (unpaired) electrons. The van der Waals surface area contributed by atoms with Crippen molar-refractivity contribution in [2.24, 2.45) is 0 Å². The molecule has 0 amide bonds. The Hall–Kier alpha value is -3.58. The molecule has 5 aromatic rings. The number of hydrogen-bond acceptors (Lipinski definition) is 0. The minimum Gasteiger partial charge on any atom is -0.316 e. The first-order chi connectivity index (χ1) is 13.4. The van der Waals surface area contributed by atoms with Gasteiger partial charge in [-0.25, -0.2) is 0 Å². The summed E-state index contributed by atoms with van der Waals surface area (Å²) in [7, 11) is 0. The van der Waals surface area contributed by atoms with E-state index in [1.807, 2.05) is 0 Å². The van der Waals surface area contributed by atoms with Crippen LogP contribution in [-0.4, -0.2) is 4.40 Å². The highest BCUT2D eigenvalue weighted by Gasteiger charge is 2.10. The number of rotatable bonds is 3. The lowest BCUT2D eigenvalue weighted by Gasteiger charge is -2.10. The van der Waals surface area contributed by atoms with Gasteiger partial charge in [0.1, 0.15) is 0 Å². The van der Waals surface area contributed by atoms with Gasteiger partial charge in [-0.3, -0.25) is 0 Å². The summed E-state index contributed by atoms with van der Waals surface area (Å²) in [6, 6.07) is 38.6. The second kappa shape index (κ2) is 6.62. The van der Waals surface area contributed by atoms with Gasteiger partial charge in [0.25, 0.3) is 0 Å². The Balaban J connectivity index is 1.78. The summed E-state index contributed by atoms with van der Waals surface area (Å²) in [5, 5.41) is 0. The molecule has 0 N–H and O–H groups in total. The molecule has 0 aliphatic carbocycles. The van der Waals surface area contributed by atoms with Crippen LogP contribution in [0.1, 0.15) is 0 Å². The fourth-order valence-electron chi connectivity index (χ4n) is 3.63. The van der Waals surface area contributed by atoms with Gasteiger partial charge in [0.05, 0.1) is 5.69 Å². The second-order valence-corrected chi connectivity index (χ2v) is 6.75. The van der Waals surface area contributed by atoms with Crippen molar-refractivity contribution in [3.63, 3.8) is 0 Å². The molecule has 0 saturated carbocycles. The van der Waals surface area contributed by atoms with Crippen LogP contribution in [-0.2, 0) is 0 Å². The van der Waals surface area contributed by atoms with E-state index in [9.17, 15) is 0 Å². The first-order valence-corrected chi connectivity index (χ1v) is 9.21. The van der Waals surface area contributed by atoms with Gasteiger partial charge < -0.3 is 4.40 Å². The lowest BCUT2D eigenvalue weighted by Crippen LogP contribution is -1.92. The Morgan fingerprint density at radius 1 is 0.407 bits per heavy atom. The monoisotopic (exact) mass is 345 g/mol. The summed E-state index contributed by atoms with van der Waals surface area (Å²) < 4.78 is 2.30. The molecule has 0 bridgehead atoms. The van der Waals surface area contributed by atoms with Gasteiger partial charge in [-0.2, -0.15) is 0 Å². The Kier molecular flexibility index (Phi) is 3.84. The molecule has 5 rings (SSSR count). The lowest BCUT2D eigenvalue weighted by molar-refractivity contribution is 1.21. The fourth-order valence-corrected chi connectivity index (χ4v) is 3.63. The smallest absolute Gasteiger partial charge is 0.0534 e. The van der Waals surface area contributed by atoms with E-state index in [1.165, 1.54) is 39.0 Å². The van der Waals surface area contributed by atoms with E-state index in [0.717, 1.165) is 0 Å². The number of aromatic nitrogens is 1. The molecule has 2 heterocycles. The number of fused-ring (bicyclic) bond motifs is 1. The van der Waals surface area contributed by atoms with E-state index < -0.39 is 0 Å². The van der Waals surface area contributed by atoms with Crippen molar-refractivity contribution in [1.29, 1.82) is 0 Å². The molecule has 0 aliphatic heterocycles. The predicted octanol–water partition coefficient (Wildman–Crippen LogP) is 6.94. The number of hydrogen-bond donors (Lipinski definition) is 0. The second-order valence-electron chi connectivity index (χ2n) is 6.75. The topological polar surface area (TPSA) is 4.41 Å². The first-order valence-electron chi connectivity index (χ1n) is 9.21. The molecular formula is C26H19N. The summed E-state index contributed by atoms with van der Waals surface area (Å²) in [6.07, 6.45) is 2.24. The van der Waals surface area contributed by atoms with Gasteiger partial charge in [-0.05, 0) is 40.5 Å². The highest BCUT2D eigenvalue weighted by molar-refractivity contribution is 5.80. The zero-order valence-electron chi connectivity index (χ0n) is 14.9. The van der Waals surface area contributed by atoms with Crippen LogP contribution >= 0.6 is 0 Å². The van der Waals surface area contributed by atoms with E-state index in [1.54, 1.807) is 0 Å². The quantitative estimate of drug-likeness (QED) is 0.333. The molecule has 0 fully saturated rings. The summed E-state index contributed by atoms with van der Waals surface area (Å²) in [4.78, 5) is 0. The molecule has 128 valence electrons. The summed E-state index contributed by atoms with van der Waals surface area (Å²) >= 11 is 0. The number of pyridine rings is 1. The van der Waals surface area contributed by atoms with Gasteiger partial charge in [0.2, 0.25) is 0 Å². The van der Waals surface area contributed by atoms with Gasteiger partial charge in [0.15, 0.2) is 0 Å². The van der Waals surface area contributed by atoms with E-state index in [2.05, 4.69) is 120 Å². The average Bonchev–Trinajstić information content (AvgIpc) is 3.19.